The fourth-order valence-electron chi connectivity index (χ4n) is 1.35. The number of benzene rings is 2. The van der Waals surface area contributed by atoms with Crippen LogP contribution in [0.4, 0.5) is 22.7 Å². The number of nitrogen functional groups attached to an aromatic ring is 1. The monoisotopic (exact) mass is 242 g/mol. The van der Waals surface area contributed by atoms with Crippen LogP contribution in [0.25, 0.3) is 0 Å². The van der Waals surface area contributed by atoms with Gasteiger partial charge in [-0.05, 0) is 18.2 Å². The Labute approximate surface area is 103 Å². The lowest BCUT2D eigenvalue weighted by atomic mass is 10.2. The lowest BCUT2D eigenvalue weighted by Crippen LogP contribution is -1.91. The number of hydrogen-bond donors (Lipinski definition) is 1. The highest BCUT2D eigenvalue weighted by Crippen LogP contribution is 2.28. The molecule has 2 aromatic rings. The van der Waals surface area contributed by atoms with Gasteiger partial charge in [0.1, 0.15) is 5.69 Å². The molecule has 2 aromatic carbocycles. The van der Waals surface area contributed by atoms with Crippen LogP contribution >= 0.6 is 0 Å². The molecule has 0 aliphatic carbocycles. The zero-order valence-corrected chi connectivity index (χ0v) is 9.35. The summed E-state index contributed by atoms with van der Waals surface area (Å²) in [6, 6.07) is 13.2. The molecule has 0 aliphatic rings. The van der Waals surface area contributed by atoms with Crippen molar-refractivity contribution in [1.29, 1.82) is 0 Å². The van der Waals surface area contributed by atoms with Gasteiger partial charge in [-0.1, -0.05) is 18.2 Å². The first kappa shape index (κ1) is 11.7. The Kier molecular flexibility index (Phi) is 3.29. The van der Waals surface area contributed by atoms with Crippen molar-refractivity contribution in [2.75, 3.05) is 5.73 Å². The molecular weight excluding hydrogens is 232 g/mol. The summed E-state index contributed by atoms with van der Waals surface area (Å²) in [6.45, 7) is 0. The second kappa shape index (κ2) is 5.05. The van der Waals surface area contributed by atoms with E-state index in [4.69, 9.17) is 5.73 Å². The Morgan fingerprint density at radius 3 is 2.39 bits per heavy atom. The highest BCUT2D eigenvalue weighted by Gasteiger charge is 2.07. The van der Waals surface area contributed by atoms with Crippen LogP contribution in [-0.4, -0.2) is 4.92 Å². The number of non-ortho nitro benzene ring substituents is 1. The molecule has 0 saturated heterocycles. The normalized spacial score (nSPS) is 10.7. The minimum atomic E-state index is -0.505. The van der Waals surface area contributed by atoms with Gasteiger partial charge in [-0.25, -0.2) is 0 Å². The molecule has 0 spiro atoms. The van der Waals surface area contributed by atoms with Crippen LogP contribution in [0.1, 0.15) is 0 Å². The number of rotatable bonds is 3. The van der Waals surface area contributed by atoms with E-state index in [0.717, 1.165) is 0 Å². The van der Waals surface area contributed by atoms with Crippen molar-refractivity contribution in [3.63, 3.8) is 0 Å². The van der Waals surface area contributed by atoms with Gasteiger partial charge < -0.3 is 5.73 Å². The van der Waals surface area contributed by atoms with Gasteiger partial charge in [0, 0.05) is 12.1 Å². The molecule has 0 aliphatic heterocycles. The number of nitro benzene ring substituents is 1. The zero-order valence-electron chi connectivity index (χ0n) is 9.35. The van der Waals surface area contributed by atoms with E-state index in [1.807, 2.05) is 18.2 Å². The van der Waals surface area contributed by atoms with Crippen molar-refractivity contribution >= 4 is 22.7 Å². The molecule has 0 radical (unpaired) electrons. The van der Waals surface area contributed by atoms with Crippen LogP contribution < -0.4 is 5.73 Å². The number of hydrogen-bond acceptors (Lipinski definition) is 5. The van der Waals surface area contributed by atoms with Crippen LogP contribution in [0.2, 0.25) is 0 Å². The third-order valence-electron chi connectivity index (χ3n) is 2.25. The lowest BCUT2D eigenvalue weighted by Gasteiger charge is -1.98. The average molecular weight is 242 g/mol. The van der Waals surface area contributed by atoms with Crippen molar-refractivity contribution < 1.29 is 4.92 Å². The van der Waals surface area contributed by atoms with Gasteiger partial charge in [-0.2, -0.15) is 5.11 Å². The van der Waals surface area contributed by atoms with E-state index in [0.29, 0.717) is 11.4 Å². The molecule has 6 nitrogen and oxygen atoms in total. The molecule has 2 N–H and O–H groups in total. The SMILES string of the molecule is Nc1cc([N+](=O)[O-])ccc1N=Nc1ccccc1. The van der Waals surface area contributed by atoms with Gasteiger partial charge in [0.05, 0.1) is 16.3 Å². The second-order valence-corrected chi connectivity index (χ2v) is 3.54. The first-order chi connectivity index (χ1) is 8.66. The van der Waals surface area contributed by atoms with E-state index in [9.17, 15) is 10.1 Å². The highest BCUT2D eigenvalue weighted by atomic mass is 16.6. The Balaban J connectivity index is 2.25. The van der Waals surface area contributed by atoms with Crippen molar-refractivity contribution in [3.05, 3.63) is 58.6 Å². The highest BCUT2D eigenvalue weighted by molar-refractivity contribution is 5.66. The third-order valence-corrected chi connectivity index (χ3v) is 2.25. The van der Waals surface area contributed by atoms with Gasteiger partial charge in [0.15, 0.2) is 0 Å². The maximum absolute atomic E-state index is 10.5. The molecule has 0 atom stereocenters. The zero-order chi connectivity index (χ0) is 13.0. The van der Waals surface area contributed by atoms with Gasteiger partial charge in [-0.15, -0.1) is 5.11 Å². The van der Waals surface area contributed by atoms with Gasteiger partial charge in [-0.3, -0.25) is 10.1 Å². The van der Waals surface area contributed by atoms with Gasteiger partial charge in [0.25, 0.3) is 5.69 Å². The molecule has 0 heterocycles. The van der Waals surface area contributed by atoms with E-state index in [-0.39, 0.29) is 11.4 Å². The molecule has 90 valence electrons. The summed E-state index contributed by atoms with van der Waals surface area (Å²) < 4.78 is 0. The fourth-order valence-corrected chi connectivity index (χ4v) is 1.35. The van der Waals surface area contributed by atoms with E-state index in [2.05, 4.69) is 10.2 Å². The predicted molar refractivity (Wildman–Crippen MR) is 68.1 cm³/mol. The standard InChI is InChI=1S/C12H10N4O2/c13-11-8-10(16(17)18)6-7-12(11)15-14-9-4-2-1-3-5-9/h1-8H,13H2. The predicted octanol–water partition coefficient (Wildman–Crippen LogP) is 3.59. The molecule has 0 unspecified atom stereocenters. The van der Waals surface area contributed by atoms with Crippen LogP contribution in [0.15, 0.2) is 58.8 Å². The molecule has 18 heavy (non-hydrogen) atoms. The topological polar surface area (TPSA) is 93.9 Å². The number of nitro groups is 1. The lowest BCUT2D eigenvalue weighted by molar-refractivity contribution is -0.384. The van der Waals surface area contributed by atoms with E-state index >= 15 is 0 Å². The molecular formula is C12H10N4O2. The van der Waals surface area contributed by atoms with Crippen LogP contribution in [0.5, 0.6) is 0 Å². The smallest absolute Gasteiger partial charge is 0.271 e. The largest absolute Gasteiger partial charge is 0.397 e. The number of nitrogens with two attached hydrogens (primary N) is 1. The van der Waals surface area contributed by atoms with Crippen LogP contribution in [0.3, 0.4) is 0 Å². The van der Waals surface area contributed by atoms with Crippen molar-refractivity contribution in [1.82, 2.24) is 0 Å². The summed E-state index contributed by atoms with van der Waals surface area (Å²) in [6.07, 6.45) is 0. The van der Waals surface area contributed by atoms with E-state index in [1.165, 1.54) is 18.2 Å². The first-order valence-electron chi connectivity index (χ1n) is 5.17. The first-order valence-corrected chi connectivity index (χ1v) is 5.17. The number of nitrogens with zero attached hydrogens (tertiary/aromatic N) is 3. The molecule has 6 heteroatoms. The Hall–Kier alpha value is -2.76. The minimum absolute atomic E-state index is 0.0637. The molecule has 0 saturated carbocycles. The summed E-state index contributed by atoms with van der Waals surface area (Å²) in [5.41, 5.74) is 6.92. The number of anilines is 1. The van der Waals surface area contributed by atoms with Gasteiger partial charge >= 0.3 is 0 Å². The average Bonchev–Trinajstić information content (AvgIpc) is 2.38. The quantitative estimate of drug-likeness (QED) is 0.385. The molecule has 0 aromatic heterocycles. The maximum Gasteiger partial charge on any atom is 0.271 e. The Morgan fingerprint density at radius 1 is 1.06 bits per heavy atom. The van der Waals surface area contributed by atoms with Crippen molar-refractivity contribution in [2.24, 2.45) is 10.2 Å². The summed E-state index contributed by atoms with van der Waals surface area (Å²) in [5.74, 6) is 0. The minimum Gasteiger partial charge on any atom is -0.397 e. The van der Waals surface area contributed by atoms with Crippen LogP contribution in [0, 0.1) is 10.1 Å². The summed E-state index contributed by atoms with van der Waals surface area (Å²) >= 11 is 0. The van der Waals surface area contributed by atoms with E-state index < -0.39 is 4.92 Å². The summed E-state index contributed by atoms with van der Waals surface area (Å²) in [7, 11) is 0. The molecule has 0 fully saturated rings. The van der Waals surface area contributed by atoms with Crippen molar-refractivity contribution in [3.8, 4) is 0 Å². The molecule has 0 amide bonds. The third kappa shape index (κ3) is 2.67. The number of azo groups is 1. The summed E-state index contributed by atoms with van der Waals surface area (Å²) in [4.78, 5) is 10.0. The van der Waals surface area contributed by atoms with Gasteiger partial charge in [0.2, 0.25) is 0 Å². The maximum atomic E-state index is 10.5. The summed E-state index contributed by atoms with van der Waals surface area (Å²) in [5, 5.41) is 18.5. The fraction of sp³-hybridized carbons (Fsp3) is 0. The molecule has 0 bridgehead atoms. The van der Waals surface area contributed by atoms with E-state index in [1.54, 1.807) is 12.1 Å². The van der Waals surface area contributed by atoms with Crippen molar-refractivity contribution in [2.45, 2.75) is 0 Å². The Morgan fingerprint density at radius 2 is 1.78 bits per heavy atom. The Bertz CT molecular complexity index is 596. The molecule has 2 rings (SSSR count). The van der Waals surface area contributed by atoms with Crippen LogP contribution in [-0.2, 0) is 0 Å². The second-order valence-electron chi connectivity index (χ2n) is 3.54.